The van der Waals surface area contributed by atoms with Gasteiger partial charge in [-0.3, -0.25) is 9.59 Å². The third-order valence-electron chi connectivity index (χ3n) is 4.56. The van der Waals surface area contributed by atoms with E-state index in [-0.39, 0.29) is 12.2 Å². The van der Waals surface area contributed by atoms with Crippen molar-refractivity contribution in [2.24, 2.45) is 5.10 Å². The number of carbonyl (C=O) groups excluding carboxylic acids is 2. The second-order valence-electron chi connectivity index (χ2n) is 6.72. The number of nitrogens with one attached hydrogen (secondary N) is 2. The number of hydrazone groups is 1. The maximum atomic E-state index is 13.8. The summed E-state index contributed by atoms with van der Waals surface area (Å²) in [5.41, 5.74) is 4.66. The van der Waals surface area contributed by atoms with E-state index in [0.717, 1.165) is 12.0 Å². The highest BCUT2D eigenvalue weighted by Crippen LogP contribution is 2.21. The zero-order chi connectivity index (χ0) is 22.9. The van der Waals surface area contributed by atoms with Gasteiger partial charge in [0.15, 0.2) is 0 Å². The van der Waals surface area contributed by atoms with Crippen LogP contribution in [0.2, 0.25) is 5.02 Å². The number of anilines is 1. The molecule has 3 aromatic carbocycles. The highest BCUT2D eigenvalue weighted by Gasteiger charge is 2.14. The summed E-state index contributed by atoms with van der Waals surface area (Å²) < 4.78 is 19.4. The van der Waals surface area contributed by atoms with Crippen LogP contribution >= 0.6 is 11.6 Å². The van der Waals surface area contributed by atoms with Crippen molar-refractivity contribution >= 4 is 35.3 Å². The Morgan fingerprint density at radius 3 is 2.50 bits per heavy atom. The van der Waals surface area contributed by atoms with Gasteiger partial charge in [0.2, 0.25) is 0 Å². The van der Waals surface area contributed by atoms with Crippen molar-refractivity contribution in [3.63, 3.8) is 0 Å². The molecule has 164 valence electrons. The molecule has 0 aliphatic carbocycles. The Morgan fingerprint density at radius 1 is 1.03 bits per heavy atom. The molecule has 0 spiro atoms. The quantitative estimate of drug-likeness (QED) is 0.309. The van der Waals surface area contributed by atoms with Crippen LogP contribution in [0.4, 0.5) is 10.1 Å². The monoisotopic (exact) mass is 453 g/mol. The molecule has 2 amide bonds. The summed E-state index contributed by atoms with van der Waals surface area (Å²) in [6.45, 7) is 1.95. The lowest BCUT2D eigenvalue weighted by molar-refractivity contribution is -0.136. The van der Waals surface area contributed by atoms with Crippen LogP contribution in [0, 0.1) is 5.82 Å². The van der Waals surface area contributed by atoms with E-state index in [9.17, 15) is 14.0 Å². The van der Waals surface area contributed by atoms with Crippen molar-refractivity contribution in [1.29, 1.82) is 0 Å². The number of nitrogens with zero attached hydrogens (tertiary/aromatic N) is 1. The van der Waals surface area contributed by atoms with Crippen molar-refractivity contribution in [3.8, 4) is 5.75 Å². The summed E-state index contributed by atoms with van der Waals surface area (Å²) in [5.74, 6) is -1.61. The molecule has 0 atom stereocenters. The first-order chi connectivity index (χ1) is 15.5. The van der Waals surface area contributed by atoms with Gasteiger partial charge in [-0.25, -0.2) is 9.82 Å². The fraction of sp³-hybridized carbons (Fsp3) is 0.125. The topological polar surface area (TPSA) is 79.8 Å². The molecular weight excluding hydrogens is 433 g/mol. The number of halogens is 2. The lowest BCUT2D eigenvalue weighted by Crippen LogP contribution is -2.32. The van der Waals surface area contributed by atoms with Gasteiger partial charge in [-0.1, -0.05) is 42.8 Å². The number of amides is 2. The summed E-state index contributed by atoms with van der Waals surface area (Å²) in [7, 11) is 0. The number of benzene rings is 3. The van der Waals surface area contributed by atoms with Gasteiger partial charge < -0.3 is 10.1 Å². The summed E-state index contributed by atoms with van der Waals surface area (Å²) in [6.07, 6.45) is 2.12. The Hall–Kier alpha value is -3.71. The highest BCUT2D eigenvalue weighted by atomic mass is 35.5. The molecular formula is C24H21ClFN3O3. The van der Waals surface area contributed by atoms with E-state index in [0.29, 0.717) is 22.0 Å². The van der Waals surface area contributed by atoms with Gasteiger partial charge in [0.25, 0.3) is 0 Å². The fourth-order valence-electron chi connectivity index (χ4n) is 2.82. The molecule has 8 heteroatoms. The molecule has 2 N–H and O–H groups in total. The van der Waals surface area contributed by atoms with Crippen LogP contribution < -0.4 is 15.5 Å². The van der Waals surface area contributed by atoms with Gasteiger partial charge >= 0.3 is 11.8 Å². The van der Waals surface area contributed by atoms with E-state index in [1.54, 1.807) is 42.5 Å². The van der Waals surface area contributed by atoms with Gasteiger partial charge in [-0.15, -0.1) is 0 Å². The second kappa shape index (κ2) is 11.1. The van der Waals surface area contributed by atoms with Crippen LogP contribution in [0.25, 0.3) is 0 Å². The third-order valence-corrected chi connectivity index (χ3v) is 4.91. The van der Waals surface area contributed by atoms with Gasteiger partial charge in [0.1, 0.15) is 18.2 Å². The molecule has 0 bridgehead atoms. The predicted octanol–water partition coefficient (Wildman–Crippen LogP) is 4.71. The molecule has 0 aliphatic heterocycles. The minimum absolute atomic E-state index is 0.00866. The van der Waals surface area contributed by atoms with Crippen LogP contribution in [0.3, 0.4) is 0 Å². The van der Waals surface area contributed by atoms with E-state index in [4.69, 9.17) is 16.3 Å². The van der Waals surface area contributed by atoms with Crippen LogP contribution in [0.5, 0.6) is 5.75 Å². The minimum Gasteiger partial charge on any atom is -0.489 e. The Kier molecular flexibility index (Phi) is 7.94. The molecule has 0 aromatic heterocycles. The first-order valence-electron chi connectivity index (χ1n) is 9.86. The standard InChI is InChI=1S/C24H21ClFN3O3/c1-2-17-6-3-4-9-22(17)28-23(30)24(31)29-27-14-16-10-12-18(13-11-16)32-15-19-20(25)7-5-8-21(19)26/h3-14H,2,15H2,1H3,(H,28,30)(H,29,31). The third kappa shape index (κ3) is 6.15. The number of ether oxygens (including phenoxy) is 1. The van der Waals surface area contributed by atoms with Crippen LogP contribution in [-0.2, 0) is 22.6 Å². The van der Waals surface area contributed by atoms with Gasteiger partial charge in [0.05, 0.1) is 11.2 Å². The summed E-state index contributed by atoms with van der Waals surface area (Å²) in [6, 6.07) is 18.5. The Labute approximate surface area is 190 Å². The van der Waals surface area contributed by atoms with E-state index < -0.39 is 17.6 Å². The number of carbonyl (C=O) groups is 2. The predicted molar refractivity (Wildman–Crippen MR) is 122 cm³/mol. The van der Waals surface area contributed by atoms with Gasteiger partial charge in [0, 0.05) is 11.3 Å². The molecule has 6 nitrogen and oxygen atoms in total. The summed E-state index contributed by atoms with van der Waals surface area (Å²) in [5, 5.41) is 6.67. The zero-order valence-electron chi connectivity index (χ0n) is 17.3. The maximum absolute atomic E-state index is 13.8. The number of aryl methyl sites for hydroxylation is 1. The highest BCUT2D eigenvalue weighted by molar-refractivity contribution is 6.39. The minimum atomic E-state index is -0.881. The SMILES string of the molecule is CCc1ccccc1NC(=O)C(=O)NN=Cc1ccc(OCc2c(F)cccc2Cl)cc1. The van der Waals surface area contributed by atoms with Crippen molar-refractivity contribution < 1.29 is 18.7 Å². The fourth-order valence-corrected chi connectivity index (χ4v) is 3.04. The zero-order valence-corrected chi connectivity index (χ0v) is 18.0. The molecule has 0 saturated carbocycles. The largest absolute Gasteiger partial charge is 0.489 e. The van der Waals surface area contributed by atoms with E-state index in [2.05, 4.69) is 15.8 Å². The smallest absolute Gasteiger partial charge is 0.329 e. The molecule has 3 rings (SSSR count). The lowest BCUT2D eigenvalue weighted by Gasteiger charge is -2.09. The normalized spacial score (nSPS) is 10.7. The van der Waals surface area contributed by atoms with Crippen LogP contribution in [0.1, 0.15) is 23.6 Å². The number of hydrogen-bond donors (Lipinski definition) is 2. The van der Waals surface area contributed by atoms with Crippen molar-refractivity contribution in [3.05, 3.63) is 94.3 Å². The first kappa shape index (κ1) is 23.0. The Morgan fingerprint density at radius 2 is 1.78 bits per heavy atom. The van der Waals surface area contributed by atoms with E-state index in [1.807, 2.05) is 19.1 Å². The van der Waals surface area contributed by atoms with Crippen molar-refractivity contribution in [2.75, 3.05) is 5.32 Å². The second-order valence-corrected chi connectivity index (χ2v) is 7.13. The van der Waals surface area contributed by atoms with Crippen LogP contribution in [0.15, 0.2) is 71.8 Å². The number of para-hydroxylation sites is 1. The summed E-state index contributed by atoms with van der Waals surface area (Å²) >= 11 is 5.99. The average molecular weight is 454 g/mol. The van der Waals surface area contributed by atoms with Crippen molar-refractivity contribution in [2.45, 2.75) is 20.0 Å². The van der Waals surface area contributed by atoms with E-state index in [1.165, 1.54) is 18.3 Å². The molecule has 0 aliphatic rings. The molecule has 0 fully saturated rings. The molecule has 0 heterocycles. The van der Waals surface area contributed by atoms with Crippen LogP contribution in [-0.4, -0.2) is 18.0 Å². The first-order valence-corrected chi connectivity index (χ1v) is 10.2. The molecule has 3 aromatic rings. The summed E-state index contributed by atoms with van der Waals surface area (Å²) in [4.78, 5) is 24.0. The molecule has 32 heavy (non-hydrogen) atoms. The number of rotatable bonds is 7. The average Bonchev–Trinajstić information content (AvgIpc) is 2.80. The molecule has 0 unspecified atom stereocenters. The maximum Gasteiger partial charge on any atom is 0.329 e. The van der Waals surface area contributed by atoms with Gasteiger partial charge in [-0.05, 0) is 60.0 Å². The van der Waals surface area contributed by atoms with Crippen molar-refractivity contribution in [1.82, 2.24) is 5.43 Å². The van der Waals surface area contributed by atoms with Gasteiger partial charge in [-0.2, -0.15) is 5.10 Å². The van der Waals surface area contributed by atoms with E-state index >= 15 is 0 Å². The Balaban J connectivity index is 1.51. The number of hydrogen-bond acceptors (Lipinski definition) is 4. The molecule has 0 radical (unpaired) electrons. The lowest BCUT2D eigenvalue weighted by atomic mass is 10.1. The molecule has 0 saturated heterocycles. The Bertz CT molecular complexity index is 1110.